The van der Waals surface area contributed by atoms with Gasteiger partial charge in [-0.3, -0.25) is 5.32 Å². The summed E-state index contributed by atoms with van der Waals surface area (Å²) in [6, 6.07) is 23.2. The van der Waals surface area contributed by atoms with Gasteiger partial charge in [-0.25, -0.2) is 23.2 Å². The molecule has 1 saturated carbocycles. The summed E-state index contributed by atoms with van der Waals surface area (Å²) >= 11 is 0. The molecule has 1 amide bonds. The zero-order valence-corrected chi connectivity index (χ0v) is 23.8. The Kier molecular flexibility index (Phi) is 7.29. The fraction of sp³-hybridized carbons (Fsp3) is 0.258. The van der Waals surface area contributed by atoms with Gasteiger partial charge in [0.15, 0.2) is 15.7 Å². The second-order valence-electron chi connectivity index (χ2n) is 10.4. The molecule has 2 fully saturated rings. The van der Waals surface area contributed by atoms with Crippen LogP contribution in [0.1, 0.15) is 25.5 Å². The Labute approximate surface area is 243 Å². The van der Waals surface area contributed by atoms with E-state index in [4.69, 9.17) is 19.4 Å². The second kappa shape index (κ2) is 11.1. The summed E-state index contributed by atoms with van der Waals surface area (Å²) in [6.07, 6.45) is 0.236. The third-order valence-electron chi connectivity index (χ3n) is 7.55. The summed E-state index contributed by atoms with van der Waals surface area (Å²) in [6.45, 7) is 3.72. The van der Waals surface area contributed by atoms with Crippen molar-refractivity contribution in [2.75, 3.05) is 30.0 Å². The number of ether oxygens (including phenoxy) is 2. The number of hydrogen-bond donors (Lipinski definition) is 2. The van der Waals surface area contributed by atoms with Crippen LogP contribution in [-0.4, -0.2) is 55.4 Å². The number of hydrogen-bond acceptors (Lipinski definition) is 9. The van der Waals surface area contributed by atoms with Crippen LogP contribution in [0.4, 0.5) is 16.3 Å². The fourth-order valence-electron chi connectivity index (χ4n) is 5.08. The van der Waals surface area contributed by atoms with E-state index in [-0.39, 0.29) is 16.7 Å². The van der Waals surface area contributed by atoms with E-state index in [1.165, 1.54) is 24.3 Å². The molecule has 2 aliphatic rings. The minimum atomic E-state index is -3.81. The minimum absolute atomic E-state index is 0.00187. The number of nitrogens with zero attached hydrogens (tertiary/aromatic N) is 3. The van der Waals surface area contributed by atoms with Crippen LogP contribution < -0.4 is 15.0 Å². The number of amides is 1. The molecule has 0 bridgehead atoms. The molecule has 1 aliphatic carbocycles. The largest absolute Gasteiger partial charge is 0.508 e. The van der Waals surface area contributed by atoms with Crippen LogP contribution in [0.25, 0.3) is 11.4 Å². The standard InChI is InChI=1S/C31H30N4O6S/c1-21-20-40-18-17-35(21)28-19-27(31(15-16-31)42(38,39)26-13-11-24(36)12-14-26)33-29(34-28)22-7-9-23(10-8-22)32-30(37)41-25-5-3-2-4-6-25/h2-14,19,21,36H,15-18,20H2,1H3,(H,32,37)/t21-/m0/s1. The Morgan fingerprint density at radius 3 is 2.40 bits per heavy atom. The molecule has 1 aromatic heterocycles. The van der Waals surface area contributed by atoms with Gasteiger partial charge in [0.2, 0.25) is 0 Å². The van der Waals surface area contributed by atoms with Gasteiger partial charge in [0, 0.05) is 23.9 Å². The number of carbonyl (C=O) groups is 1. The number of para-hydroxylation sites is 1. The van der Waals surface area contributed by atoms with Crippen LogP contribution >= 0.6 is 0 Å². The molecular formula is C31H30N4O6S. The maximum atomic E-state index is 13.9. The van der Waals surface area contributed by atoms with Gasteiger partial charge in [-0.15, -0.1) is 0 Å². The molecule has 0 unspecified atom stereocenters. The van der Waals surface area contributed by atoms with E-state index in [0.717, 1.165) is 0 Å². The number of sulfone groups is 1. The molecule has 4 aromatic rings. The van der Waals surface area contributed by atoms with E-state index in [9.17, 15) is 18.3 Å². The molecule has 11 heteroatoms. The number of aromatic nitrogens is 2. The smallest absolute Gasteiger partial charge is 0.417 e. The van der Waals surface area contributed by atoms with Crippen molar-refractivity contribution in [1.29, 1.82) is 0 Å². The molecule has 3 aromatic carbocycles. The lowest BCUT2D eigenvalue weighted by Gasteiger charge is -2.34. The Hall–Kier alpha value is -4.48. The molecule has 2 N–H and O–H groups in total. The van der Waals surface area contributed by atoms with E-state index >= 15 is 0 Å². The van der Waals surface area contributed by atoms with Crippen molar-refractivity contribution in [1.82, 2.24) is 9.97 Å². The van der Waals surface area contributed by atoms with Crippen LogP contribution in [-0.2, 0) is 19.3 Å². The lowest BCUT2D eigenvalue weighted by atomic mass is 10.1. The first-order valence-electron chi connectivity index (χ1n) is 13.7. The molecule has 6 rings (SSSR count). The number of benzene rings is 3. The van der Waals surface area contributed by atoms with Crippen LogP contribution in [0.3, 0.4) is 0 Å². The number of phenols is 1. The van der Waals surface area contributed by atoms with Crippen molar-refractivity contribution in [3.63, 3.8) is 0 Å². The Morgan fingerprint density at radius 2 is 1.74 bits per heavy atom. The van der Waals surface area contributed by atoms with Crippen molar-refractivity contribution in [3.05, 3.63) is 90.6 Å². The highest BCUT2D eigenvalue weighted by molar-refractivity contribution is 7.92. The van der Waals surface area contributed by atoms with Crippen molar-refractivity contribution in [3.8, 4) is 22.9 Å². The first-order valence-corrected chi connectivity index (χ1v) is 15.2. The van der Waals surface area contributed by atoms with Gasteiger partial charge in [0.05, 0.1) is 29.8 Å². The molecule has 216 valence electrons. The van der Waals surface area contributed by atoms with Gasteiger partial charge in [-0.2, -0.15) is 0 Å². The predicted molar refractivity (Wildman–Crippen MR) is 157 cm³/mol. The fourth-order valence-corrected chi connectivity index (χ4v) is 7.05. The Bertz CT molecular complexity index is 1690. The molecule has 0 radical (unpaired) electrons. The molecular weight excluding hydrogens is 556 g/mol. The second-order valence-corrected chi connectivity index (χ2v) is 12.7. The third kappa shape index (κ3) is 5.40. The molecule has 42 heavy (non-hydrogen) atoms. The summed E-state index contributed by atoms with van der Waals surface area (Å²) in [4.78, 5) is 24.2. The summed E-state index contributed by atoms with van der Waals surface area (Å²) in [7, 11) is -3.81. The number of morpholine rings is 1. The zero-order valence-electron chi connectivity index (χ0n) is 22.9. The van der Waals surface area contributed by atoms with Crippen molar-refractivity contribution in [2.45, 2.75) is 35.4 Å². The summed E-state index contributed by atoms with van der Waals surface area (Å²) < 4.78 is 37.5. The topological polar surface area (TPSA) is 131 Å². The average Bonchev–Trinajstić information content (AvgIpc) is 3.81. The number of nitrogens with one attached hydrogen (secondary N) is 1. The number of anilines is 2. The van der Waals surface area contributed by atoms with Crippen LogP contribution in [0.15, 0.2) is 89.8 Å². The maximum Gasteiger partial charge on any atom is 0.417 e. The SMILES string of the molecule is C[C@H]1COCCN1c1cc(C2(S(=O)(=O)c3ccc(O)cc3)CC2)nc(-c2ccc(NC(=O)Oc3ccccc3)cc2)n1. The van der Waals surface area contributed by atoms with Gasteiger partial charge in [-0.1, -0.05) is 18.2 Å². The number of aromatic hydroxyl groups is 1. The van der Waals surface area contributed by atoms with Crippen LogP contribution in [0, 0.1) is 0 Å². The van der Waals surface area contributed by atoms with Crippen molar-refractivity contribution < 1.29 is 27.8 Å². The summed E-state index contributed by atoms with van der Waals surface area (Å²) in [5.41, 5.74) is 1.62. The van der Waals surface area contributed by atoms with E-state index in [2.05, 4.69) is 10.2 Å². The maximum absolute atomic E-state index is 13.9. The monoisotopic (exact) mass is 586 g/mol. The Balaban J connectivity index is 1.33. The molecule has 1 atom stereocenters. The van der Waals surface area contributed by atoms with Gasteiger partial charge < -0.3 is 19.5 Å². The average molecular weight is 587 g/mol. The number of carbonyl (C=O) groups excluding carboxylic acids is 1. The lowest BCUT2D eigenvalue weighted by Crippen LogP contribution is -2.44. The van der Waals surface area contributed by atoms with E-state index in [0.29, 0.717) is 66.9 Å². The van der Waals surface area contributed by atoms with Crippen LogP contribution in [0.2, 0.25) is 0 Å². The number of phenolic OH excluding ortho intramolecular Hbond substituents is 1. The van der Waals surface area contributed by atoms with E-state index < -0.39 is 20.7 Å². The van der Waals surface area contributed by atoms with E-state index in [1.54, 1.807) is 54.6 Å². The van der Waals surface area contributed by atoms with Crippen LogP contribution in [0.5, 0.6) is 11.5 Å². The number of rotatable bonds is 7. The third-order valence-corrected chi connectivity index (χ3v) is 10.1. The lowest BCUT2D eigenvalue weighted by molar-refractivity contribution is 0.0985. The van der Waals surface area contributed by atoms with E-state index in [1.807, 2.05) is 13.0 Å². The van der Waals surface area contributed by atoms with Crippen molar-refractivity contribution in [2.24, 2.45) is 0 Å². The molecule has 10 nitrogen and oxygen atoms in total. The zero-order chi connectivity index (χ0) is 29.3. The molecule has 1 saturated heterocycles. The first kappa shape index (κ1) is 27.7. The highest BCUT2D eigenvalue weighted by Crippen LogP contribution is 2.55. The van der Waals surface area contributed by atoms with Gasteiger partial charge in [0.1, 0.15) is 22.1 Å². The Morgan fingerprint density at radius 1 is 1.02 bits per heavy atom. The van der Waals surface area contributed by atoms with Gasteiger partial charge >= 0.3 is 6.09 Å². The molecule has 0 spiro atoms. The highest BCUT2D eigenvalue weighted by atomic mass is 32.2. The van der Waals surface area contributed by atoms with Gasteiger partial charge in [0.25, 0.3) is 0 Å². The van der Waals surface area contributed by atoms with Gasteiger partial charge in [-0.05, 0) is 80.4 Å². The molecule has 1 aliphatic heterocycles. The quantitative estimate of drug-likeness (QED) is 0.302. The summed E-state index contributed by atoms with van der Waals surface area (Å²) in [5.74, 6) is 1.44. The molecule has 2 heterocycles. The van der Waals surface area contributed by atoms with Crippen molar-refractivity contribution >= 4 is 27.4 Å². The highest BCUT2D eigenvalue weighted by Gasteiger charge is 2.58. The first-order chi connectivity index (χ1) is 20.2. The minimum Gasteiger partial charge on any atom is -0.508 e. The summed E-state index contributed by atoms with van der Waals surface area (Å²) in [5, 5.41) is 12.4. The predicted octanol–water partition coefficient (Wildman–Crippen LogP) is 5.15. The normalized spacial score (nSPS) is 17.8.